The second-order valence-corrected chi connectivity index (χ2v) is 3.50. The molecule has 1 aromatic rings. The average Bonchev–Trinajstić information content (AvgIpc) is 2.12. The van der Waals surface area contributed by atoms with Gasteiger partial charge in [-0.2, -0.15) is 0 Å². The Morgan fingerprint density at radius 3 is 2.80 bits per heavy atom. The van der Waals surface area contributed by atoms with Crippen LogP contribution >= 0.6 is 11.5 Å². The van der Waals surface area contributed by atoms with Crippen LogP contribution in [0.15, 0.2) is 5.38 Å². The molecule has 0 aliphatic carbocycles. The summed E-state index contributed by atoms with van der Waals surface area (Å²) in [5, 5.41) is 15.0. The molecular weight excluding hydrogens is 148 g/mol. The number of hydrogen-bond acceptors (Lipinski definition) is 4. The van der Waals surface area contributed by atoms with Crippen LogP contribution in [0.5, 0.6) is 0 Å². The molecule has 0 atom stereocenters. The fourth-order valence-electron chi connectivity index (χ4n) is 0.704. The smallest absolute Gasteiger partial charge is 0.0783 e. The van der Waals surface area contributed by atoms with Crippen LogP contribution in [-0.2, 0) is 6.42 Å². The molecule has 0 aliphatic rings. The molecule has 4 heteroatoms. The van der Waals surface area contributed by atoms with Gasteiger partial charge in [-0.3, -0.25) is 0 Å². The van der Waals surface area contributed by atoms with Gasteiger partial charge in [0.2, 0.25) is 0 Å². The highest BCUT2D eigenvalue weighted by Gasteiger charge is 2.14. The maximum absolute atomic E-state index is 9.33. The minimum absolute atomic E-state index is 0.573. The van der Waals surface area contributed by atoms with Crippen LogP contribution in [0, 0.1) is 0 Å². The number of aromatic nitrogens is 2. The first-order valence-corrected chi connectivity index (χ1v) is 3.90. The van der Waals surface area contributed by atoms with Gasteiger partial charge in [-0.15, -0.1) is 5.10 Å². The number of aliphatic hydroxyl groups is 1. The molecule has 0 bridgehead atoms. The summed E-state index contributed by atoms with van der Waals surface area (Å²) in [5.41, 5.74) is 0.188. The van der Waals surface area contributed by atoms with E-state index in [9.17, 15) is 5.11 Å². The number of rotatable bonds is 2. The number of nitrogens with zero attached hydrogens (tertiary/aromatic N) is 2. The van der Waals surface area contributed by atoms with Crippen molar-refractivity contribution in [1.82, 2.24) is 9.59 Å². The standard InChI is InChI=1S/C6H10N2OS/c1-6(2,9)3-5-4-10-8-7-5/h4,9H,3H2,1-2H3. The molecule has 1 rings (SSSR count). The van der Waals surface area contributed by atoms with Crippen molar-refractivity contribution in [1.29, 1.82) is 0 Å². The molecule has 1 N–H and O–H groups in total. The summed E-state index contributed by atoms with van der Waals surface area (Å²) >= 11 is 1.31. The lowest BCUT2D eigenvalue weighted by Gasteiger charge is -2.13. The van der Waals surface area contributed by atoms with Crippen LogP contribution < -0.4 is 0 Å². The Morgan fingerprint density at radius 2 is 2.40 bits per heavy atom. The van der Waals surface area contributed by atoms with Crippen molar-refractivity contribution < 1.29 is 5.11 Å². The zero-order valence-corrected chi connectivity index (χ0v) is 6.85. The fourth-order valence-corrected chi connectivity index (χ4v) is 1.16. The van der Waals surface area contributed by atoms with Crippen LogP contribution in [0.3, 0.4) is 0 Å². The lowest BCUT2D eigenvalue weighted by molar-refractivity contribution is 0.0799. The maximum atomic E-state index is 9.33. The molecule has 0 unspecified atom stereocenters. The molecule has 56 valence electrons. The Balaban J connectivity index is 2.57. The van der Waals surface area contributed by atoms with Crippen molar-refractivity contribution in [3.05, 3.63) is 11.1 Å². The Bertz CT molecular complexity index is 190. The van der Waals surface area contributed by atoms with Crippen molar-refractivity contribution in [2.24, 2.45) is 0 Å². The molecule has 0 radical (unpaired) electrons. The molecule has 0 spiro atoms. The molecule has 0 fully saturated rings. The first-order chi connectivity index (χ1) is 4.58. The van der Waals surface area contributed by atoms with E-state index in [0.717, 1.165) is 5.69 Å². The van der Waals surface area contributed by atoms with Gasteiger partial charge < -0.3 is 5.11 Å². The van der Waals surface area contributed by atoms with Gasteiger partial charge in [0.15, 0.2) is 0 Å². The highest BCUT2D eigenvalue weighted by atomic mass is 32.1. The Hall–Kier alpha value is -0.480. The minimum Gasteiger partial charge on any atom is -0.390 e. The van der Waals surface area contributed by atoms with E-state index in [4.69, 9.17) is 0 Å². The van der Waals surface area contributed by atoms with Gasteiger partial charge >= 0.3 is 0 Å². The molecule has 0 amide bonds. The maximum Gasteiger partial charge on any atom is 0.0783 e. The van der Waals surface area contributed by atoms with Crippen LogP contribution in [0.25, 0.3) is 0 Å². The van der Waals surface area contributed by atoms with Crippen LogP contribution in [-0.4, -0.2) is 20.3 Å². The van der Waals surface area contributed by atoms with E-state index in [1.54, 1.807) is 13.8 Å². The first-order valence-electron chi connectivity index (χ1n) is 3.06. The van der Waals surface area contributed by atoms with Gasteiger partial charge in [-0.1, -0.05) is 4.49 Å². The van der Waals surface area contributed by atoms with Gasteiger partial charge in [0, 0.05) is 11.8 Å². The highest BCUT2D eigenvalue weighted by Crippen LogP contribution is 2.09. The van der Waals surface area contributed by atoms with Crippen LogP contribution in [0.1, 0.15) is 19.5 Å². The van der Waals surface area contributed by atoms with Crippen molar-refractivity contribution in [2.45, 2.75) is 25.9 Å². The molecule has 3 nitrogen and oxygen atoms in total. The third-order valence-electron chi connectivity index (χ3n) is 1.02. The van der Waals surface area contributed by atoms with Crippen molar-refractivity contribution >= 4 is 11.5 Å². The summed E-state index contributed by atoms with van der Waals surface area (Å²) in [6, 6.07) is 0. The largest absolute Gasteiger partial charge is 0.390 e. The monoisotopic (exact) mass is 158 g/mol. The Kier molecular flexibility index (Phi) is 2.01. The summed E-state index contributed by atoms with van der Waals surface area (Å²) in [5.74, 6) is 0. The van der Waals surface area contributed by atoms with Gasteiger partial charge in [0.1, 0.15) is 0 Å². The Morgan fingerprint density at radius 1 is 1.70 bits per heavy atom. The van der Waals surface area contributed by atoms with E-state index in [0.29, 0.717) is 6.42 Å². The molecule has 0 saturated carbocycles. The minimum atomic E-state index is -0.671. The van der Waals surface area contributed by atoms with Crippen molar-refractivity contribution in [3.63, 3.8) is 0 Å². The predicted molar refractivity (Wildman–Crippen MR) is 39.9 cm³/mol. The van der Waals surface area contributed by atoms with Crippen molar-refractivity contribution in [2.75, 3.05) is 0 Å². The molecule has 0 aliphatic heterocycles. The van der Waals surface area contributed by atoms with E-state index in [-0.39, 0.29) is 0 Å². The van der Waals surface area contributed by atoms with E-state index < -0.39 is 5.60 Å². The molecule has 1 aromatic heterocycles. The molecule has 0 saturated heterocycles. The lowest BCUT2D eigenvalue weighted by Crippen LogP contribution is -2.21. The fraction of sp³-hybridized carbons (Fsp3) is 0.667. The van der Waals surface area contributed by atoms with Gasteiger partial charge in [-0.25, -0.2) is 0 Å². The predicted octanol–water partition coefficient (Wildman–Crippen LogP) is 0.851. The topological polar surface area (TPSA) is 46.0 Å². The third-order valence-corrected chi connectivity index (χ3v) is 1.57. The summed E-state index contributed by atoms with van der Waals surface area (Å²) in [7, 11) is 0. The number of hydrogen-bond donors (Lipinski definition) is 1. The zero-order chi connectivity index (χ0) is 7.61. The average molecular weight is 158 g/mol. The van der Waals surface area contributed by atoms with E-state index in [1.807, 2.05) is 5.38 Å². The normalized spacial score (nSPS) is 11.9. The molecule has 1 heterocycles. The lowest BCUT2D eigenvalue weighted by atomic mass is 10.0. The highest BCUT2D eigenvalue weighted by molar-refractivity contribution is 7.03. The molecule has 10 heavy (non-hydrogen) atoms. The summed E-state index contributed by atoms with van der Waals surface area (Å²) in [4.78, 5) is 0. The molecular formula is C6H10N2OS. The van der Waals surface area contributed by atoms with Gasteiger partial charge in [0.25, 0.3) is 0 Å². The van der Waals surface area contributed by atoms with E-state index >= 15 is 0 Å². The quantitative estimate of drug-likeness (QED) is 0.694. The first kappa shape index (κ1) is 7.63. The molecule has 0 aromatic carbocycles. The van der Waals surface area contributed by atoms with Crippen LogP contribution in [0.4, 0.5) is 0 Å². The zero-order valence-electron chi connectivity index (χ0n) is 6.03. The Labute approximate surface area is 63.9 Å². The summed E-state index contributed by atoms with van der Waals surface area (Å²) in [6.45, 7) is 3.51. The summed E-state index contributed by atoms with van der Waals surface area (Å²) < 4.78 is 3.69. The van der Waals surface area contributed by atoms with Gasteiger partial charge in [-0.05, 0) is 25.4 Å². The van der Waals surface area contributed by atoms with Crippen LogP contribution in [0.2, 0.25) is 0 Å². The second kappa shape index (κ2) is 2.64. The second-order valence-electron chi connectivity index (χ2n) is 2.89. The van der Waals surface area contributed by atoms with E-state index in [1.165, 1.54) is 11.5 Å². The summed E-state index contributed by atoms with van der Waals surface area (Å²) in [6.07, 6.45) is 0.573. The van der Waals surface area contributed by atoms with Crippen molar-refractivity contribution in [3.8, 4) is 0 Å². The van der Waals surface area contributed by atoms with Gasteiger partial charge in [0.05, 0.1) is 11.3 Å². The SMILES string of the molecule is CC(C)(O)Cc1csnn1. The third kappa shape index (κ3) is 2.41. The van der Waals surface area contributed by atoms with E-state index in [2.05, 4.69) is 9.59 Å².